The summed E-state index contributed by atoms with van der Waals surface area (Å²) in [4.78, 5) is 51.7. The molecule has 0 saturated heterocycles. The van der Waals surface area contributed by atoms with Crippen molar-refractivity contribution in [2.24, 2.45) is 17.3 Å². The van der Waals surface area contributed by atoms with E-state index in [-0.39, 0.29) is 31.6 Å². The van der Waals surface area contributed by atoms with E-state index in [4.69, 9.17) is 0 Å². The maximum atomic E-state index is 14.9. The van der Waals surface area contributed by atoms with E-state index in [1.165, 1.54) is 20.8 Å². The Morgan fingerprint density at radius 1 is 1.13 bits per heavy atom. The molecule has 39 heavy (non-hydrogen) atoms. The van der Waals surface area contributed by atoms with Gasteiger partial charge in [-0.3, -0.25) is 19.2 Å². The van der Waals surface area contributed by atoms with Crippen molar-refractivity contribution in [2.75, 3.05) is 5.32 Å². The Hall–Kier alpha value is -3.49. The Morgan fingerprint density at radius 2 is 1.77 bits per heavy atom. The molecule has 1 aromatic rings. The molecule has 1 unspecified atom stereocenters. The fourth-order valence-corrected chi connectivity index (χ4v) is 5.66. The lowest BCUT2D eigenvalue weighted by molar-refractivity contribution is -0.175. The topological polar surface area (TPSA) is 128 Å². The number of halogens is 4. The fraction of sp³-hybridized carbons (Fsp3) is 0.593. The quantitative estimate of drug-likeness (QED) is 0.448. The molecular formula is C27H30F4N4O4. The van der Waals surface area contributed by atoms with Crippen LogP contribution in [0.5, 0.6) is 0 Å². The summed E-state index contributed by atoms with van der Waals surface area (Å²) in [7, 11) is 0. The van der Waals surface area contributed by atoms with E-state index in [1.807, 2.05) is 0 Å². The normalized spacial score (nSPS) is 26.7. The summed E-state index contributed by atoms with van der Waals surface area (Å²) in [5.41, 5.74) is -2.85. The predicted octanol–water partition coefficient (Wildman–Crippen LogP) is 3.47. The number of rotatable bonds is 7. The zero-order valence-corrected chi connectivity index (χ0v) is 21.7. The van der Waals surface area contributed by atoms with Crippen molar-refractivity contribution in [3.05, 3.63) is 29.8 Å². The molecule has 3 amide bonds. The second-order valence-electron chi connectivity index (χ2n) is 11.9. The molecule has 210 valence electrons. The van der Waals surface area contributed by atoms with E-state index < -0.39 is 70.6 Å². The van der Waals surface area contributed by atoms with Crippen molar-refractivity contribution in [2.45, 2.75) is 82.2 Å². The van der Waals surface area contributed by atoms with Gasteiger partial charge in [0.2, 0.25) is 11.8 Å². The number of carbonyl (C=O) groups is 4. The van der Waals surface area contributed by atoms with Gasteiger partial charge in [0, 0.05) is 18.0 Å². The lowest BCUT2D eigenvalue weighted by Gasteiger charge is -2.33. The number of hydrogen-bond donors (Lipinski definition) is 3. The molecule has 2 aliphatic carbocycles. The second kappa shape index (κ2) is 9.61. The van der Waals surface area contributed by atoms with Crippen LogP contribution in [0.3, 0.4) is 0 Å². The number of nitriles is 1. The first kappa shape index (κ1) is 28.5. The van der Waals surface area contributed by atoms with Gasteiger partial charge in [-0.1, -0.05) is 39.0 Å². The molecule has 1 heterocycles. The average molecular weight is 551 g/mol. The number of alkyl halides is 4. The van der Waals surface area contributed by atoms with Crippen LogP contribution in [0, 0.1) is 28.6 Å². The number of anilines is 1. The fourth-order valence-electron chi connectivity index (χ4n) is 5.66. The lowest BCUT2D eigenvalue weighted by atomic mass is 9.78. The molecule has 2 fully saturated rings. The van der Waals surface area contributed by atoms with Gasteiger partial charge < -0.3 is 16.0 Å². The summed E-state index contributed by atoms with van der Waals surface area (Å²) >= 11 is 0. The van der Waals surface area contributed by atoms with E-state index in [1.54, 1.807) is 29.6 Å². The third-order valence-electron chi connectivity index (χ3n) is 7.96. The average Bonchev–Trinajstić information content (AvgIpc) is 3.33. The van der Waals surface area contributed by atoms with Gasteiger partial charge in [-0.25, -0.2) is 4.39 Å². The van der Waals surface area contributed by atoms with Crippen LogP contribution in [-0.4, -0.2) is 47.4 Å². The largest absolute Gasteiger partial charge is 0.471 e. The molecule has 1 aliphatic heterocycles. The minimum absolute atomic E-state index is 0.0356. The van der Waals surface area contributed by atoms with Crippen LogP contribution in [0.15, 0.2) is 24.3 Å². The SMILES string of the molecule is CC(C)(C)[C@H](NC(=O)C(F)(F)F)C(=O)N[C@@H](CC1(F)CC1)C(=O)C1C[C@]2(C[C@H]1C#N)C(=O)Nc1ccccc12. The minimum Gasteiger partial charge on any atom is -0.344 e. The van der Waals surface area contributed by atoms with Crippen LogP contribution >= 0.6 is 0 Å². The van der Waals surface area contributed by atoms with E-state index in [9.17, 15) is 42.0 Å². The van der Waals surface area contributed by atoms with Crippen LogP contribution < -0.4 is 16.0 Å². The first-order chi connectivity index (χ1) is 18.0. The molecule has 0 aromatic heterocycles. The van der Waals surface area contributed by atoms with Gasteiger partial charge >= 0.3 is 12.1 Å². The molecule has 1 spiro atoms. The Bertz CT molecular complexity index is 1250. The number of benzene rings is 1. The predicted molar refractivity (Wildman–Crippen MR) is 131 cm³/mol. The van der Waals surface area contributed by atoms with E-state index in [0.717, 1.165) is 0 Å². The highest BCUT2D eigenvalue weighted by molar-refractivity contribution is 6.07. The van der Waals surface area contributed by atoms with Gasteiger partial charge in [0.15, 0.2) is 5.78 Å². The zero-order chi connectivity index (χ0) is 29.0. The molecule has 0 bridgehead atoms. The number of carbonyl (C=O) groups excluding carboxylic acids is 4. The van der Waals surface area contributed by atoms with Gasteiger partial charge in [0.1, 0.15) is 11.7 Å². The first-order valence-electron chi connectivity index (χ1n) is 12.7. The van der Waals surface area contributed by atoms with Gasteiger partial charge in [-0.2, -0.15) is 18.4 Å². The van der Waals surface area contributed by atoms with Crippen molar-refractivity contribution in [3.63, 3.8) is 0 Å². The standard InChI is InChI=1S/C27H30F4N4O4/c1-24(2,3)20(35-23(39)27(29,30)31)21(37)33-18(12-25(28)8-9-25)19(36)15-11-26(10-14(15)13-32)16-6-4-5-7-17(16)34-22(26)38/h4-7,14-15,18,20H,8-12H2,1-3H3,(H,33,37)(H,34,38)(H,35,39)/t14-,15?,18-,20+,26-/m0/s1. The van der Waals surface area contributed by atoms with Crippen LogP contribution in [0.25, 0.3) is 0 Å². The highest BCUT2D eigenvalue weighted by Crippen LogP contribution is 2.54. The summed E-state index contributed by atoms with van der Waals surface area (Å²) in [6, 6.07) is 5.86. The van der Waals surface area contributed by atoms with Crippen molar-refractivity contribution < 1.29 is 36.7 Å². The zero-order valence-electron chi connectivity index (χ0n) is 21.7. The number of amides is 3. The molecule has 3 aliphatic rings. The first-order valence-corrected chi connectivity index (χ1v) is 12.7. The number of Topliss-reactive ketones (excluding diaryl/α,β-unsaturated/α-hetero) is 1. The Kier molecular flexibility index (Phi) is 7.02. The van der Waals surface area contributed by atoms with Crippen LogP contribution in [0.2, 0.25) is 0 Å². The smallest absolute Gasteiger partial charge is 0.344 e. The summed E-state index contributed by atoms with van der Waals surface area (Å²) in [5.74, 6) is -6.36. The summed E-state index contributed by atoms with van der Waals surface area (Å²) in [6.07, 6.45) is -5.36. The molecule has 5 atom stereocenters. The molecule has 12 heteroatoms. The Balaban J connectivity index is 1.61. The van der Waals surface area contributed by atoms with Gasteiger partial charge in [-0.05, 0) is 42.7 Å². The van der Waals surface area contributed by atoms with Gasteiger partial charge in [-0.15, -0.1) is 0 Å². The molecular weight excluding hydrogens is 520 g/mol. The monoisotopic (exact) mass is 550 g/mol. The molecule has 4 rings (SSSR count). The van der Waals surface area contributed by atoms with E-state index >= 15 is 0 Å². The van der Waals surface area contributed by atoms with Crippen molar-refractivity contribution in [3.8, 4) is 6.07 Å². The van der Waals surface area contributed by atoms with Crippen molar-refractivity contribution in [1.29, 1.82) is 5.26 Å². The molecule has 0 radical (unpaired) electrons. The number of fused-ring (bicyclic) bond motifs is 2. The maximum Gasteiger partial charge on any atom is 0.471 e. The molecule has 8 nitrogen and oxygen atoms in total. The van der Waals surface area contributed by atoms with Crippen LogP contribution in [-0.2, 0) is 24.6 Å². The van der Waals surface area contributed by atoms with Crippen molar-refractivity contribution in [1.82, 2.24) is 10.6 Å². The lowest BCUT2D eigenvalue weighted by Crippen LogP contribution is -2.59. The summed E-state index contributed by atoms with van der Waals surface area (Å²) in [6.45, 7) is 4.31. The molecule has 1 aromatic carbocycles. The third kappa shape index (κ3) is 5.49. The van der Waals surface area contributed by atoms with Gasteiger partial charge in [0.25, 0.3) is 0 Å². The van der Waals surface area contributed by atoms with E-state index in [0.29, 0.717) is 11.3 Å². The Labute approximate surface area is 222 Å². The number of hydrogen-bond acceptors (Lipinski definition) is 5. The second-order valence-corrected chi connectivity index (χ2v) is 11.9. The number of nitrogens with zero attached hydrogens (tertiary/aromatic N) is 1. The van der Waals surface area contributed by atoms with Crippen LogP contribution in [0.4, 0.5) is 23.2 Å². The maximum absolute atomic E-state index is 14.9. The third-order valence-corrected chi connectivity index (χ3v) is 7.96. The van der Waals surface area contributed by atoms with Gasteiger partial charge in [0.05, 0.1) is 23.4 Å². The number of ketones is 1. The summed E-state index contributed by atoms with van der Waals surface area (Å²) < 4.78 is 53.8. The summed E-state index contributed by atoms with van der Waals surface area (Å²) in [5, 5.41) is 16.7. The Morgan fingerprint density at radius 3 is 2.33 bits per heavy atom. The van der Waals surface area contributed by atoms with Crippen molar-refractivity contribution >= 4 is 29.2 Å². The highest BCUT2D eigenvalue weighted by atomic mass is 19.4. The van der Waals surface area contributed by atoms with Crippen LogP contribution in [0.1, 0.15) is 58.4 Å². The van der Waals surface area contributed by atoms with E-state index in [2.05, 4.69) is 16.7 Å². The molecule has 3 N–H and O–H groups in total. The number of nitrogens with one attached hydrogen (secondary N) is 3. The highest BCUT2D eigenvalue weighted by Gasteiger charge is 2.58. The minimum atomic E-state index is -5.24. The molecule has 2 saturated carbocycles. The number of para-hydroxylation sites is 1.